The van der Waals surface area contributed by atoms with E-state index >= 15 is 0 Å². The van der Waals surface area contributed by atoms with Crippen molar-refractivity contribution in [3.05, 3.63) is 29.8 Å². The van der Waals surface area contributed by atoms with Crippen LogP contribution in [0.15, 0.2) is 24.3 Å². The standard InChI is InChI=1S/C15H24N2O2/c1-12(2)11-17(10-6-9-16)15(18)13-7-4-5-8-14(13)19-3/h4-5,7-8,12H,6,9-11,16H2,1-3H3. The van der Waals surface area contributed by atoms with Crippen molar-refractivity contribution in [2.45, 2.75) is 20.3 Å². The van der Waals surface area contributed by atoms with Crippen LogP contribution in [0.2, 0.25) is 0 Å². The van der Waals surface area contributed by atoms with Gasteiger partial charge >= 0.3 is 0 Å². The normalized spacial score (nSPS) is 10.6. The molecule has 0 heterocycles. The number of carbonyl (C=O) groups is 1. The fraction of sp³-hybridized carbons (Fsp3) is 0.533. The van der Waals surface area contributed by atoms with Crippen molar-refractivity contribution in [1.82, 2.24) is 4.90 Å². The van der Waals surface area contributed by atoms with Gasteiger partial charge in [0.1, 0.15) is 5.75 Å². The van der Waals surface area contributed by atoms with Gasteiger partial charge in [-0.2, -0.15) is 0 Å². The number of nitrogens with zero attached hydrogens (tertiary/aromatic N) is 1. The molecule has 1 aromatic rings. The zero-order valence-electron chi connectivity index (χ0n) is 12.1. The molecule has 4 heteroatoms. The van der Waals surface area contributed by atoms with Crippen LogP contribution < -0.4 is 10.5 Å². The summed E-state index contributed by atoms with van der Waals surface area (Å²) in [7, 11) is 1.58. The largest absolute Gasteiger partial charge is 0.496 e. The number of benzene rings is 1. The maximum atomic E-state index is 12.6. The number of methoxy groups -OCH3 is 1. The van der Waals surface area contributed by atoms with Crippen LogP contribution >= 0.6 is 0 Å². The van der Waals surface area contributed by atoms with E-state index in [0.717, 1.165) is 13.0 Å². The molecular formula is C15H24N2O2. The van der Waals surface area contributed by atoms with E-state index in [2.05, 4.69) is 13.8 Å². The number of carbonyl (C=O) groups excluding carboxylic acids is 1. The first kappa shape index (κ1) is 15.5. The molecule has 0 aromatic heterocycles. The van der Waals surface area contributed by atoms with Gasteiger partial charge in [-0.15, -0.1) is 0 Å². The molecule has 1 aromatic carbocycles. The Bertz CT molecular complexity index is 405. The summed E-state index contributed by atoms with van der Waals surface area (Å²) < 4.78 is 5.25. The highest BCUT2D eigenvalue weighted by molar-refractivity contribution is 5.96. The third kappa shape index (κ3) is 4.56. The zero-order chi connectivity index (χ0) is 14.3. The Morgan fingerprint density at radius 2 is 2.05 bits per heavy atom. The van der Waals surface area contributed by atoms with Crippen LogP contribution in [0.1, 0.15) is 30.6 Å². The predicted octanol–water partition coefficient (Wildman–Crippen LogP) is 2.14. The van der Waals surface area contributed by atoms with E-state index in [1.165, 1.54) is 0 Å². The maximum Gasteiger partial charge on any atom is 0.257 e. The molecule has 0 aliphatic rings. The molecular weight excluding hydrogens is 240 g/mol. The first-order valence-electron chi connectivity index (χ1n) is 6.72. The molecule has 0 saturated heterocycles. The van der Waals surface area contributed by atoms with Gasteiger partial charge in [-0.25, -0.2) is 0 Å². The van der Waals surface area contributed by atoms with Crippen molar-refractivity contribution in [3.63, 3.8) is 0 Å². The topological polar surface area (TPSA) is 55.6 Å². The third-order valence-corrected chi connectivity index (χ3v) is 2.84. The van der Waals surface area contributed by atoms with Crippen LogP contribution in [0.25, 0.3) is 0 Å². The lowest BCUT2D eigenvalue weighted by atomic mass is 10.1. The summed E-state index contributed by atoms with van der Waals surface area (Å²) in [5.41, 5.74) is 6.15. The highest BCUT2D eigenvalue weighted by Crippen LogP contribution is 2.20. The molecule has 0 radical (unpaired) electrons. The SMILES string of the molecule is COc1ccccc1C(=O)N(CCCN)CC(C)C. The van der Waals surface area contributed by atoms with Crippen molar-refractivity contribution in [3.8, 4) is 5.75 Å². The fourth-order valence-corrected chi connectivity index (χ4v) is 1.99. The van der Waals surface area contributed by atoms with E-state index in [4.69, 9.17) is 10.5 Å². The molecule has 0 saturated carbocycles. The van der Waals surface area contributed by atoms with Crippen LogP contribution in [0.3, 0.4) is 0 Å². The van der Waals surface area contributed by atoms with Crippen molar-refractivity contribution in [2.24, 2.45) is 11.7 Å². The van der Waals surface area contributed by atoms with Gasteiger partial charge in [-0.1, -0.05) is 26.0 Å². The van der Waals surface area contributed by atoms with E-state index < -0.39 is 0 Å². The molecule has 2 N–H and O–H groups in total. The second-order valence-corrected chi connectivity index (χ2v) is 4.99. The Morgan fingerprint density at radius 3 is 2.63 bits per heavy atom. The number of para-hydroxylation sites is 1. The molecule has 0 fully saturated rings. The summed E-state index contributed by atoms with van der Waals surface area (Å²) in [4.78, 5) is 14.4. The number of hydrogen-bond donors (Lipinski definition) is 1. The third-order valence-electron chi connectivity index (χ3n) is 2.84. The Morgan fingerprint density at radius 1 is 1.37 bits per heavy atom. The van der Waals surface area contributed by atoms with E-state index in [1.54, 1.807) is 13.2 Å². The molecule has 1 rings (SSSR count). The number of ether oxygens (including phenoxy) is 1. The number of hydrogen-bond acceptors (Lipinski definition) is 3. The second-order valence-electron chi connectivity index (χ2n) is 4.99. The first-order valence-corrected chi connectivity index (χ1v) is 6.72. The summed E-state index contributed by atoms with van der Waals surface area (Å²) >= 11 is 0. The van der Waals surface area contributed by atoms with Crippen LogP contribution in [0, 0.1) is 5.92 Å². The van der Waals surface area contributed by atoms with E-state index in [9.17, 15) is 4.79 Å². The molecule has 0 atom stereocenters. The molecule has 0 bridgehead atoms. The van der Waals surface area contributed by atoms with E-state index in [-0.39, 0.29) is 5.91 Å². The maximum absolute atomic E-state index is 12.6. The quantitative estimate of drug-likeness (QED) is 0.821. The van der Waals surface area contributed by atoms with Crippen molar-refractivity contribution in [2.75, 3.05) is 26.7 Å². The molecule has 0 spiro atoms. The minimum absolute atomic E-state index is 0.0135. The first-order chi connectivity index (χ1) is 9.10. The van der Waals surface area contributed by atoms with Crippen molar-refractivity contribution < 1.29 is 9.53 Å². The van der Waals surface area contributed by atoms with Crippen LogP contribution in [-0.4, -0.2) is 37.6 Å². The van der Waals surface area contributed by atoms with Gasteiger partial charge in [0.25, 0.3) is 5.91 Å². The molecule has 0 aliphatic heterocycles. The molecule has 4 nitrogen and oxygen atoms in total. The van der Waals surface area contributed by atoms with Crippen molar-refractivity contribution in [1.29, 1.82) is 0 Å². The van der Waals surface area contributed by atoms with Gasteiger partial charge in [0.15, 0.2) is 0 Å². The van der Waals surface area contributed by atoms with Gasteiger partial charge in [0.2, 0.25) is 0 Å². The fourth-order valence-electron chi connectivity index (χ4n) is 1.99. The average Bonchev–Trinajstić information content (AvgIpc) is 2.42. The molecule has 19 heavy (non-hydrogen) atoms. The number of rotatable bonds is 7. The molecule has 0 unspecified atom stereocenters. The monoisotopic (exact) mass is 264 g/mol. The predicted molar refractivity (Wildman–Crippen MR) is 77.4 cm³/mol. The number of nitrogens with two attached hydrogens (primary N) is 1. The highest BCUT2D eigenvalue weighted by atomic mass is 16.5. The molecule has 1 amide bonds. The van der Waals surface area contributed by atoms with Crippen LogP contribution in [-0.2, 0) is 0 Å². The van der Waals surface area contributed by atoms with Crippen molar-refractivity contribution >= 4 is 5.91 Å². The Labute approximate surface area is 115 Å². The number of amides is 1. The Balaban J connectivity index is 2.90. The summed E-state index contributed by atoms with van der Waals surface area (Å²) in [6.07, 6.45) is 0.813. The van der Waals surface area contributed by atoms with Gasteiger partial charge in [0, 0.05) is 13.1 Å². The summed E-state index contributed by atoms with van der Waals surface area (Å²) in [5, 5.41) is 0. The van der Waals surface area contributed by atoms with Crippen LogP contribution in [0.4, 0.5) is 0 Å². The smallest absolute Gasteiger partial charge is 0.257 e. The Hall–Kier alpha value is -1.55. The van der Waals surface area contributed by atoms with Gasteiger partial charge in [0.05, 0.1) is 12.7 Å². The lowest BCUT2D eigenvalue weighted by Crippen LogP contribution is -2.36. The summed E-state index contributed by atoms with van der Waals surface area (Å²) in [6, 6.07) is 7.33. The lowest BCUT2D eigenvalue weighted by Gasteiger charge is -2.25. The minimum atomic E-state index is 0.0135. The zero-order valence-corrected chi connectivity index (χ0v) is 12.1. The van der Waals surface area contributed by atoms with Gasteiger partial charge in [-0.05, 0) is 31.0 Å². The summed E-state index contributed by atoms with van der Waals surface area (Å²) in [5.74, 6) is 1.06. The lowest BCUT2D eigenvalue weighted by molar-refractivity contribution is 0.0732. The minimum Gasteiger partial charge on any atom is -0.496 e. The second kappa shape index (κ2) is 7.79. The molecule has 106 valence electrons. The van der Waals surface area contributed by atoms with E-state index in [0.29, 0.717) is 30.3 Å². The Kier molecular flexibility index (Phi) is 6.36. The van der Waals surface area contributed by atoms with Crippen LogP contribution in [0.5, 0.6) is 5.75 Å². The highest BCUT2D eigenvalue weighted by Gasteiger charge is 2.19. The molecule has 0 aliphatic carbocycles. The summed E-state index contributed by atoms with van der Waals surface area (Å²) in [6.45, 7) is 6.21. The average molecular weight is 264 g/mol. The van der Waals surface area contributed by atoms with E-state index in [1.807, 2.05) is 23.1 Å². The van der Waals surface area contributed by atoms with Gasteiger partial charge < -0.3 is 15.4 Å². The van der Waals surface area contributed by atoms with Gasteiger partial charge in [-0.3, -0.25) is 4.79 Å².